The van der Waals surface area contributed by atoms with E-state index < -0.39 is 0 Å². The zero-order chi connectivity index (χ0) is 15.0. The molecule has 0 spiro atoms. The predicted octanol–water partition coefficient (Wildman–Crippen LogP) is 3.11. The summed E-state index contributed by atoms with van der Waals surface area (Å²) in [6.07, 6.45) is 3.95. The van der Waals surface area contributed by atoms with Crippen molar-refractivity contribution >= 4 is 17.5 Å². The minimum atomic E-state index is -0.152. The maximum atomic E-state index is 12.4. The van der Waals surface area contributed by atoms with Crippen molar-refractivity contribution in [1.82, 2.24) is 5.32 Å². The predicted molar refractivity (Wildman–Crippen MR) is 83.3 cm³/mol. The average molecular weight is 308 g/mol. The zero-order valence-corrected chi connectivity index (χ0v) is 13.1. The van der Waals surface area contributed by atoms with Crippen LogP contribution in [0.2, 0.25) is 5.02 Å². The van der Waals surface area contributed by atoms with Crippen LogP contribution >= 0.6 is 11.6 Å². The number of hydrogen-bond acceptors (Lipinski definition) is 2. The van der Waals surface area contributed by atoms with Crippen molar-refractivity contribution in [3.63, 3.8) is 0 Å². The lowest BCUT2D eigenvalue weighted by Crippen LogP contribution is -2.45. The van der Waals surface area contributed by atoms with Crippen molar-refractivity contribution < 1.29 is 9.90 Å². The Hall–Kier alpha value is -1.06. The topological polar surface area (TPSA) is 49.3 Å². The molecule has 21 heavy (non-hydrogen) atoms. The van der Waals surface area contributed by atoms with Crippen LogP contribution in [0.5, 0.6) is 0 Å². The summed E-state index contributed by atoms with van der Waals surface area (Å²) in [5.41, 5.74) is 1.04. The molecule has 1 amide bonds. The van der Waals surface area contributed by atoms with Gasteiger partial charge in [0, 0.05) is 22.4 Å². The van der Waals surface area contributed by atoms with E-state index in [0.29, 0.717) is 5.92 Å². The van der Waals surface area contributed by atoms with Gasteiger partial charge in [-0.25, -0.2) is 0 Å². The third-order valence-corrected chi connectivity index (χ3v) is 5.44. The smallest absolute Gasteiger partial charge is 0.223 e. The number of rotatable bonds is 4. The first-order valence-corrected chi connectivity index (χ1v) is 8.08. The number of benzene rings is 1. The fraction of sp³-hybridized carbons (Fsp3) is 0.588. The summed E-state index contributed by atoms with van der Waals surface area (Å²) in [5.74, 6) is 0.542. The molecule has 0 radical (unpaired) electrons. The Kier molecular flexibility index (Phi) is 3.98. The Morgan fingerprint density at radius 1 is 1.43 bits per heavy atom. The zero-order valence-electron chi connectivity index (χ0n) is 12.3. The van der Waals surface area contributed by atoms with Gasteiger partial charge in [-0.15, -0.1) is 0 Å². The number of aliphatic hydroxyl groups is 1. The molecule has 2 N–H and O–H groups in total. The van der Waals surface area contributed by atoms with Gasteiger partial charge in [0.05, 0.1) is 6.61 Å². The number of nitrogens with one attached hydrogen (secondary N) is 1. The molecule has 4 heteroatoms. The van der Waals surface area contributed by atoms with E-state index in [4.69, 9.17) is 11.6 Å². The van der Waals surface area contributed by atoms with E-state index in [1.165, 1.54) is 5.56 Å². The number of carbonyl (C=O) groups is 1. The van der Waals surface area contributed by atoms with Crippen LogP contribution in [-0.2, 0) is 4.79 Å². The maximum Gasteiger partial charge on any atom is 0.223 e. The summed E-state index contributed by atoms with van der Waals surface area (Å²) in [6.45, 7) is 2.21. The van der Waals surface area contributed by atoms with Crippen LogP contribution in [0.15, 0.2) is 24.3 Å². The van der Waals surface area contributed by atoms with Crippen molar-refractivity contribution in [3.8, 4) is 0 Å². The van der Waals surface area contributed by atoms with Crippen LogP contribution in [0, 0.1) is 11.3 Å². The fourth-order valence-electron chi connectivity index (χ4n) is 3.51. The van der Waals surface area contributed by atoms with Gasteiger partial charge in [0.1, 0.15) is 0 Å². The third kappa shape index (κ3) is 2.95. The van der Waals surface area contributed by atoms with E-state index in [1.807, 2.05) is 24.3 Å². The second-order valence-electron chi connectivity index (χ2n) is 6.77. The first kappa shape index (κ1) is 14.9. The Morgan fingerprint density at radius 2 is 2.14 bits per heavy atom. The molecular weight excluding hydrogens is 286 g/mol. The Balaban J connectivity index is 1.59. The van der Waals surface area contributed by atoms with E-state index in [2.05, 4.69) is 12.2 Å². The van der Waals surface area contributed by atoms with Crippen LogP contribution < -0.4 is 5.32 Å². The fourth-order valence-corrected chi connectivity index (χ4v) is 3.64. The maximum absolute atomic E-state index is 12.4. The number of aliphatic hydroxyl groups excluding tert-OH is 1. The lowest BCUT2D eigenvalue weighted by molar-refractivity contribution is -0.124. The molecule has 0 bridgehead atoms. The molecule has 0 heterocycles. The van der Waals surface area contributed by atoms with Crippen molar-refractivity contribution in [2.75, 3.05) is 6.61 Å². The largest absolute Gasteiger partial charge is 0.396 e. The van der Waals surface area contributed by atoms with Crippen molar-refractivity contribution in [2.45, 2.75) is 44.6 Å². The molecule has 0 saturated heterocycles. The third-order valence-electron chi connectivity index (χ3n) is 5.19. The molecule has 2 aliphatic carbocycles. The van der Waals surface area contributed by atoms with Gasteiger partial charge in [0.25, 0.3) is 0 Å². The highest BCUT2D eigenvalue weighted by molar-refractivity contribution is 6.30. The van der Waals surface area contributed by atoms with E-state index in [0.717, 1.165) is 30.7 Å². The Bertz CT molecular complexity index is 530. The van der Waals surface area contributed by atoms with Gasteiger partial charge >= 0.3 is 0 Å². The van der Waals surface area contributed by atoms with E-state index in [-0.39, 0.29) is 29.9 Å². The lowest BCUT2D eigenvalue weighted by atomic mass is 9.85. The van der Waals surface area contributed by atoms with Gasteiger partial charge in [-0.1, -0.05) is 37.1 Å². The molecular formula is C17H22ClNO2. The summed E-state index contributed by atoms with van der Waals surface area (Å²) in [4.78, 5) is 12.4. The second kappa shape index (κ2) is 5.62. The van der Waals surface area contributed by atoms with E-state index >= 15 is 0 Å². The van der Waals surface area contributed by atoms with Crippen molar-refractivity contribution in [2.24, 2.45) is 11.3 Å². The standard InChI is InChI=1S/C17H22ClNO2/c1-17(10-20)8-2-3-15(17)19-16(21)14-9-13(14)11-4-6-12(18)7-5-11/h4-7,13-15,20H,2-3,8-10H2,1H3,(H,19,21). The molecule has 0 aromatic heterocycles. The first-order valence-electron chi connectivity index (χ1n) is 7.70. The average Bonchev–Trinajstić information content (AvgIpc) is 3.20. The summed E-state index contributed by atoms with van der Waals surface area (Å²) in [5, 5.41) is 13.5. The van der Waals surface area contributed by atoms with Crippen LogP contribution in [0.25, 0.3) is 0 Å². The van der Waals surface area contributed by atoms with Gasteiger partial charge < -0.3 is 10.4 Å². The van der Waals surface area contributed by atoms with E-state index in [1.54, 1.807) is 0 Å². The summed E-state index contributed by atoms with van der Waals surface area (Å²) in [6, 6.07) is 7.89. The molecule has 2 saturated carbocycles. The van der Waals surface area contributed by atoms with Crippen LogP contribution in [0.1, 0.15) is 44.1 Å². The number of hydrogen-bond donors (Lipinski definition) is 2. The minimum Gasteiger partial charge on any atom is -0.396 e. The highest BCUT2D eigenvalue weighted by Gasteiger charge is 2.46. The van der Waals surface area contributed by atoms with Gasteiger partial charge in [-0.3, -0.25) is 4.79 Å². The van der Waals surface area contributed by atoms with Crippen molar-refractivity contribution in [3.05, 3.63) is 34.9 Å². The molecule has 4 atom stereocenters. The number of carbonyl (C=O) groups excluding carboxylic acids is 1. The molecule has 1 aromatic rings. The number of amides is 1. The highest BCUT2D eigenvalue weighted by atomic mass is 35.5. The lowest BCUT2D eigenvalue weighted by Gasteiger charge is -2.30. The quantitative estimate of drug-likeness (QED) is 0.898. The molecule has 3 rings (SSSR count). The molecule has 4 unspecified atom stereocenters. The van der Waals surface area contributed by atoms with Gasteiger partial charge in [0.15, 0.2) is 0 Å². The summed E-state index contributed by atoms with van der Waals surface area (Å²) in [7, 11) is 0. The minimum absolute atomic E-state index is 0.0784. The van der Waals surface area contributed by atoms with Crippen molar-refractivity contribution in [1.29, 1.82) is 0 Å². The summed E-state index contributed by atoms with van der Waals surface area (Å²) < 4.78 is 0. The molecule has 2 fully saturated rings. The second-order valence-corrected chi connectivity index (χ2v) is 7.20. The summed E-state index contributed by atoms with van der Waals surface area (Å²) >= 11 is 5.89. The monoisotopic (exact) mass is 307 g/mol. The molecule has 2 aliphatic rings. The first-order chi connectivity index (χ1) is 10.0. The highest BCUT2D eigenvalue weighted by Crippen LogP contribution is 2.48. The molecule has 1 aromatic carbocycles. The molecule has 3 nitrogen and oxygen atoms in total. The van der Waals surface area contributed by atoms with E-state index in [9.17, 15) is 9.90 Å². The van der Waals surface area contributed by atoms with Crippen LogP contribution in [-0.4, -0.2) is 23.7 Å². The van der Waals surface area contributed by atoms with Crippen LogP contribution in [0.4, 0.5) is 0 Å². The van der Waals surface area contributed by atoms with Crippen LogP contribution in [0.3, 0.4) is 0 Å². The molecule has 114 valence electrons. The van der Waals surface area contributed by atoms with Gasteiger partial charge in [-0.2, -0.15) is 0 Å². The Morgan fingerprint density at radius 3 is 2.81 bits per heavy atom. The number of halogens is 1. The van der Waals surface area contributed by atoms with Gasteiger partial charge in [0.2, 0.25) is 5.91 Å². The normalized spacial score (nSPS) is 34.7. The SMILES string of the molecule is CC1(CO)CCCC1NC(=O)C1CC1c1ccc(Cl)cc1. The van der Waals surface area contributed by atoms with Gasteiger partial charge in [-0.05, 0) is 42.9 Å². The Labute approximate surface area is 130 Å². The molecule has 0 aliphatic heterocycles.